The van der Waals surface area contributed by atoms with Gasteiger partial charge in [-0.1, -0.05) is 34.1 Å². The van der Waals surface area contributed by atoms with Crippen molar-refractivity contribution in [2.45, 2.75) is 78.3 Å². The maximum Gasteiger partial charge on any atom is 0.228 e. The van der Waals surface area contributed by atoms with Crippen molar-refractivity contribution in [1.29, 1.82) is 0 Å². The first-order chi connectivity index (χ1) is 11.5. The third-order valence-electron chi connectivity index (χ3n) is 5.59. The van der Waals surface area contributed by atoms with E-state index in [9.17, 15) is 4.79 Å². The Kier molecular flexibility index (Phi) is 6.44. The minimum absolute atomic E-state index is 0.0698. The van der Waals surface area contributed by atoms with Gasteiger partial charge in [0.25, 0.3) is 0 Å². The quantitative estimate of drug-likeness (QED) is 0.913. The van der Waals surface area contributed by atoms with Crippen LogP contribution in [-0.4, -0.2) is 33.7 Å². The van der Waals surface area contributed by atoms with Crippen LogP contribution in [0, 0.1) is 5.41 Å². The molecular weight excluding hydrogens is 300 g/mol. The summed E-state index contributed by atoms with van der Waals surface area (Å²) in [5.41, 5.74) is 7.11. The van der Waals surface area contributed by atoms with Crippen molar-refractivity contribution in [3.8, 4) is 0 Å². The third-order valence-corrected chi connectivity index (χ3v) is 5.59. The fourth-order valence-corrected chi connectivity index (χ4v) is 3.62. The monoisotopic (exact) mass is 334 g/mol. The number of aromatic nitrogens is 2. The summed E-state index contributed by atoms with van der Waals surface area (Å²) in [5, 5.41) is 4.49. The van der Waals surface area contributed by atoms with Crippen LogP contribution in [0.5, 0.6) is 0 Å². The fraction of sp³-hybridized carbons (Fsp3) is 0.789. The summed E-state index contributed by atoms with van der Waals surface area (Å²) in [4.78, 5) is 14.6. The highest BCUT2D eigenvalue weighted by molar-refractivity contribution is 5.83. The molecule has 1 atom stereocenters. The first kappa shape index (κ1) is 19.0. The molecule has 0 bridgehead atoms. The van der Waals surface area contributed by atoms with Crippen LogP contribution in [0.4, 0.5) is 0 Å². The second-order valence-electron chi connectivity index (χ2n) is 7.21. The summed E-state index contributed by atoms with van der Waals surface area (Å²) in [7, 11) is 0. The lowest BCUT2D eigenvalue weighted by molar-refractivity contribution is -0.147. The van der Waals surface area contributed by atoms with Crippen molar-refractivity contribution in [2.24, 2.45) is 11.1 Å². The zero-order valence-corrected chi connectivity index (χ0v) is 15.8. The van der Waals surface area contributed by atoms with E-state index in [0.717, 1.165) is 50.8 Å². The van der Waals surface area contributed by atoms with Gasteiger partial charge in [-0.15, -0.1) is 0 Å². The molecule has 0 aromatic carbocycles. The molecule has 2 aliphatic rings. The van der Waals surface area contributed by atoms with Gasteiger partial charge >= 0.3 is 0 Å². The lowest BCUT2D eigenvalue weighted by atomic mass is 9.69. The van der Waals surface area contributed by atoms with Gasteiger partial charge in [0.1, 0.15) is 0 Å². The standard InChI is InChI=1S/C17H28N4O.C2H6/c1-3-15(18)13-11-19-21(12-13)14-5-9-20(10-6-14)16(22)17(2)7-4-8-17;1-2/h11-12,14-15H,3-10,18H2,1-2H3;1-2H3. The molecule has 1 aromatic rings. The Morgan fingerprint density at radius 1 is 1.38 bits per heavy atom. The third kappa shape index (κ3) is 3.82. The van der Waals surface area contributed by atoms with Crippen molar-refractivity contribution >= 4 is 5.91 Å². The van der Waals surface area contributed by atoms with Crippen molar-refractivity contribution in [2.75, 3.05) is 13.1 Å². The van der Waals surface area contributed by atoms with Gasteiger partial charge in [0.2, 0.25) is 5.91 Å². The summed E-state index contributed by atoms with van der Waals surface area (Å²) in [6.07, 6.45) is 10.2. The molecule has 3 rings (SSSR count). The van der Waals surface area contributed by atoms with Crippen molar-refractivity contribution in [1.82, 2.24) is 14.7 Å². The van der Waals surface area contributed by atoms with Gasteiger partial charge in [-0.3, -0.25) is 9.48 Å². The molecule has 1 aliphatic carbocycles. The summed E-state index contributed by atoms with van der Waals surface area (Å²) in [5.74, 6) is 0.367. The van der Waals surface area contributed by atoms with Gasteiger partial charge in [0.15, 0.2) is 0 Å². The molecule has 1 unspecified atom stereocenters. The highest BCUT2D eigenvalue weighted by Gasteiger charge is 2.42. The molecule has 2 fully saturated rings. The molecule has 2 N–H and O–H groups in total. The number of amides is 1. The number of nitrogens with two attached hydrogens (primary N) is 1. The second-order valence-corrected chi connectivity index (χ2v) is 7.21. The average Bonchev–Trinajstić information content (AvgIpc) is 3.10. The Balaban J connectivity index is 0.00000100. The van der Waals surface area contributed by atoms with E-state index in [1.54, 1.807) is 0 Å². The molecule has 1 saturated carbocycles. The van der Waals surface area contributed by atoms with Crippen LogP contribution in [0.2, 0.25) is 0 Å². The number of piperidine rings is 1. The van der Waals surface area contributed by atoms with Gasteiger partial charge in [0.05, 0.1) is 12.2 Å². The number of nitrogens with zero attached hydrogens (tertiary/aromatic N) is 3. The largest absolute Gasteiger partial charge is 0.342 e. The Hall–Kier alpha value is -1.36. The van der Waals surface area contributed by atoms with Gasteiger partial charge in [-0.05, 0) is 32.1 Å². The van der Waals surface area contributed by atoms with E-state index in [4.69, 9.17) is 5.73 Å². The predicted octanol–water partition coefficient (Wildman–Crippen LogP) is 3.67. The van der Waals surface area contributed by atoms with Crippen LogP contribution in [0.1, 0.15) is 83.9 Å². The van der Waals surface area contributed by atoms with Gasteiger partial charge < -0.3 is 10.6 Å². The molecule has 2 heterocycles. The number of carbonyl (C=O) groups excluding carboxylic acids is 1. The molecule has 0 radical (unpaired) electrons. The highest BCUT2D eigenvalue weighted by Crippen LogP contribution is 2.42. The first-order valence-corrected chi connectivity index (χ1v) is 9.62. The van der Waals surface area contributed by atoms with Crippen molar-refractivity contribution in [3.63, 3.8) is 0 Å². The molecule has 1 saturated heterocycles. The number of carbonyl (C=O) groups is 1. The SMILES string of the molecule is CC.CCC(N)c1cnn(C2CCN(C(=O)C3(C)CCC3)CC2)c1. The molecule has 0 spiro atoms. The summed E-state index contributed by atoms with van der Waals surface area (Å²) in [6.45, 7) is 9.92. The zero-order valence-electron chi connectivity index (χ0n) is 15.8. The molecule has 5 nitrogen and oxygen atoms in total. The molecular formula is C19H34N4O. The van der Waals surface area contributed by atoms with Gasteiger partial charge in [-0.2, -0.15) is 5.10 Å². The minimum Gasteiger partial charge on any atom is -0.342 e. The molecule has 1 amide bonds. The molecule has 1 aromatic heterocycles. The molecule has 136 valence electrons. The maximum absolute atomic E-state index is 12.6. The van der Waals surface area contributed by atoms with Crippen LogP contribution < -0.4 is 5.73 Å². The minimum atomic E-state index is -0.0698. The maximum atomic E-state index is 12.6. The van der Waals surface area contributed by atoms with Gasteiger partial charge in [-0.25, -0.2) is 0 Å². The summed E-state index contributed by atoms with van der Waals surface area (Å²) in [6, 6.07) is 0.477. The Labute approximate surface area is 146 Å². The van der Waals surface area contributed by atoms with Crippen molar-refractivity contribution < 1.29 is 4.79 Å². The van der Waals surface area contributed by atoms with E-state index in [1.807, 2.05) is 20.0 Å². The van der Waals surface area contributed by atoms with Crippen LogP contribution in [0.15, 0.2) is 12.4 Å². The Morgan fingerprint density at radius 2 is 2.00 bits per heavy atom. The van der Waals surface area contributed by atoms with E-state index < -0.39 is 0 Å². The van der Waals surface area contributed by atoms with Crippen LogP contribution in [0.25, 0.3) is 0 Å². The topological polar surface area (TPSA) is 64.2 Å². The van der Waals surface area contributed by atoms with Crippen LogP contribution in [0.3, 0.4) is 0 Å². The number of likely N-dealkylation sites (tertiary alicyclic amines) is 1. The predicted molar refractivity (Wildman–Crippen MR) is 97.6 cm³/mol. The van der Waals surface area contributed by atoms with E-state index in [0.29, 0.717) is 11.9 Å². The van der Waals surface area contributed by atoms with Crippen LogP contribution >= 0.6 is 0 Å². The van der Waals surface area contributed by atoms with Crippen LogP contribution in [-0.2, 0) is 4.79 Å². The lowest BCUT2D eigenvalue weighted by Crippen LogP contribution is -2.49. The lowest BCUT2D eigenvalue weighted by Gasteiger charge is -2.43. The normalized spacial score (nSPS) is 21.5. The Bertz CT molecular complexity index is 527. The molecule has 1 aliphatic heterocycles. The van der Waals surface area contributed by atoms with E-state index in [1.165, 1.54) is 6.42 Å². The molecule has 24 heavy (non-hydrogen) atoms. The fourth-order valence-electron chi connectivity index (χ4n) is 3.62. The molecule has 5 heteroatoms. The van der Waals surface area contributed by atoms with E-state index in [2.05, 4.69) is 34.7 Å². The number of hydrogen-bond acceptors (Lipinski definition) is 3. The summed E-state index contributed by atoms with van der Waals surface area (Å²) >= 11 is 0. The second kappa shape index (κ2) is 8.15. The number of rotatable bonds is 4. The van der Waals surface area contributed by atoms with Crippen molar-refractivity contribution in [3.05, 3.63) is 18.0 Å². The average molecular weight is 335 g/mol. The highest BCUT2D eigenvalue weighted by atomic mass is 16.2. The van der Waals surface area contributed by atoms with Gasteiger partial charge in [0, 0.05) is 36.3 Å². The summed E-state index contributed by atoms with van der Waals surface area (Å²) < 4.78 is 2.05. The van der Waals surface area contributed by atoms with E-state index in [-0.39, 0.29) is 11.5 Å². The number of hydrogen-bond donors (Lipinski definition) is 1. The Morgan fingerprint density at radius 3 is 2.50 bits per heavy atom. The first-order valence-electron chi connectivity index (χ1n) is 9.62. The van der Waals surface area contributed by atoms with E-state index >= 15 is 0 Å². The smallest absolute Gasteiger partial charge is 0.228 e. The zero-order chi connectivity index (χ0) is 17.7.